The van der Waals surface area contributed by atoms with Crippen molar-refractivity contribution < 1.29 is 13.2 Å². The Bertz CT molecular complexity index is 410. The van der Waals surface area contributed by atoms with Gasteiger partial charge in [-0.1, -0.05) is 12.1 Å². The summed E-state index contributed by atoms with van der Waals surface area (Å²) in [6.45, 7) is 4.17. The first kappa shape index (κ1) is 13.4. The SMILES string of the molecule is CC1CCCC(C)(c2ccc(C(F)(F)F)cc2)N1. The molecule has 1 N–H and O–H groups in total. The van der Waals surface area contributed by atoms with Crippen LogP contribution in [-0.4, -0.2) is 6.04 Å². The number of nitrogens with one attached hydrogen (secondary N) is 1. The van der Waals surface area contributed by atoms with Crippen molar-refractivity contribution >= 4 is 0 Å². The average Bonchev–Trinajstić information content (AvgIpc) is 2.28. The summed E-state index contributed by atoms with van der Waals surface area (Å²) in [5.41, 5.74) is 0.141. The van der Waals surface area contributed by atoms with Gasteiger partial charge in [-0.15, -0.1) is 0 Å². The first-order valence-corrected chi connectivity index (χ1v) is 6.27. The molecule has 1 aliphatic rings. The Balaban J connectivity index is 2.23. The summed E-state index contributed by atoms with van der Waals surface area (Å²) in [6.07, 6.45) is -1.07. The molecule has 1 heterocycles. The van der Waals surface area contributed by atoms with E-state index < -0.39 is 11.7 Å². The van der Waals surface area contributed by atoms with Crippen LogP contribution < -0.4 is 5.32 Å². The van der Waals surface area contributed by atoms with Crippen molar-refractivity contribution in [2.45, 2.75) is 50.9 Å². The van der Waals surface area contributed by atoms with Gasteiger partial charge in [0, 0.05) is 11.6 Å². The van der Waals surface area contributed by atoms with Crippen LogP contribution in [-0.2, 0) is 11.7 Å². The van der Waals surface area contributed by atoms with E-state index in [0.29, 0.717) is 6.04 Å². The molecule has 1 aromatic rings. The summed E-state index contributed by atoms with van der Waals surface area (Å²) in [6, 6.07) is 5.93. The van der Waals surface area contributed by atoms with Crippen LogP contribution in [0.15, 0.2) is 24.3 Å². The van der Waals surface area contributed by atoms with E-state index in [9.17, 15) is 13.2 Å². The molecule has 0 spiro atoms. The van der Waals surface area contributed by atoms with Gasteiger partial charge < -0.3 is 5.32 Å². The molecule has 1 aromatic carbocycles. The molecule has 2 unspecified atom stereocenters. The van der Waals surface area contributed by atoms with Gasteiger partial charge in [-0.05, 0) is 50.8 Å². The zero-order valence-corrected chi connectivity index (χ0v) is 10.6. The summed E-state index contributed by atoms with van der Waals surface area (Å²) < 4.78 is 37.5. The predicted molar refractivity (Wildman–Crippen MR) is 65.2 cm³/mol. The minimum Gasteiger partial charge on any atom is -0.305 e. The number of hydrogen-bond donors (Lipinski definition) is 1. The fraction of sp³-hybridized carbons (Fsp3) is 0.571. The number of hydrogen-bond acceptors (Lipinski definition) is 1. The van der Waals surface area contributed by atoms with Gasteiger partial charge in [0.1, 0.15) is 0 Å². The van der Waals surface area contributed by atoms with Gasteiger partial charge in [0.05, 0.1) is 5.56 Å². The van der Waals surface area contributed by atoms with E-state index in [1.54, 1.807) is 12.1 Å². The van der Waals surface area contributed by atoms with E-state index in [4.69, 9.17) is 0 Å². The van der Waals surface area contributed by atoms with E-state index in [1.807, 2.05) is 0 Å². The topological polar surface area (TPSA) is 12.0 Å². The number of benzene rings is 1. The van der Waals surface area contributed by atoms with E-state index >= 15 is 0 Å². The Morgan fingerprint density at radius 2 is 1.83 bits per heavy atom. The molecular formula is C14H18F3N. The molecule has 1 aliphatic heterocycles. The Labute approximate surface area is 105 Å². The van der Waals surface area contributed by atoms with E-state index in [0.717, 1.165) is 24.8 Å². The van der Waals surface area contributed by atoms with Crippen molar-refractivity contribution in [2.75, 3.05) is 0 Å². The van der Waals surface area contributed by atoms with Gasteiger partial charge in [0.2, 0.25) is 0 Å². The molecule has 100 valence electrons. The maximum absolute atomic E-state index is 12.5. The van der Waals surface area contributed by atoms with E-state index in [1.165, 1.54) is 12.1 Å². The number of halogens is 3. The van der Waals surface area contributed by atoms with Gasteiger partial charge in [-0.3, -0.25) is 0 Å². The molecule has 18 heavy (non-hydrogen) atoms. The van der Waals surface area contributed by atoms with Crippen molar-refractivity contribution in [2.24, 2.45) is 0 Å². The highest BCUT2D eigenvalue weighted by Gasteiger charge is 2.33. The highest BCUT2D eigenvalue weighted by atomic mass is 19.4. The van der Waals surface area contributed by atoms with Crippen LogP contribution in [0.5, 0.6) is 0 Å². The summed E-state index contributed by atoms with van der Waals surface area (Å²) in [7, 11) is 0. The first-order valence-electron chi connectivity index (χ1n) is 6.27. The summed E-state index contributed by atoms with van der Waals surface area (Å²) in [4.78, 5) is 0. The third-order valence-corrected chi connectivity index (χ3v) is 3.73. The fourth-order valence-corrected chi connectivity index (χ4v) is 2.70. The van der Waals surface area contributed by atoms with Crippen LogP contribution >= 0.6 is 0 Å². The summed E-state index contributed by atoms with van der Waals surface area (Å²) >= 11 is 0. The minimum atomic E-state index is -4.26. The number of rotatable bonds is 1. The van der Waals surface area contributed by atoms with E-state index in [-0.39, 0.29) is 5.54 Å². The Hall–Kier alpha value is -1.03. The van der Waals surface area contributed by atoms with Gasteiger partial charge in [0.15, 0.2) is 0 Å². The molecule has 0 bridgehead atoms. The maximum atomic E-state index is 12.5. The molecule has 2 atom stereocenters. The second-order valence-electron chi connectivity index (χ2n) is 5.34. The zero-order chi connectivity index (χ0) is 13.4. The fourth-order valence-electron chi connectivity index (χ4n) is 2.70. The average molecular weight is 257 g/mol. The lowest BCUT2D eigenvalue weighted by Crippen LogP contribution is -2.48. The summed E-state index contributed by atoms with van der Waals surface area (Å²) in [5.74, 6) is 0. The molecule has 0 radical (unpaired) electrons. The van der Waals surface area contributed by atoms with Crippen molar-refractivity contribution in [3.63, 3.8) is 0 Å². The summed E-state index contributed by atoms with van der Waals surface area (Å²) in [5, 5.41) is 3.49. The Morgan fingerprint density at radius 3 is 2.33 bits per heavy atom. The monoisotopic (exact) mass is 257 g/mol. The lowest BCUT2D eigenvalue weighted by Gasteiger charge is -2.39. The Kier molecular flexibility index (Phi) is 3.41. The molecule has 1 nitrogen and oxygen atoms in total. The largest absolute Gasteiger partial charge is 0.416 e. The van der Waals surface area contributed by atoms with Crippen molar-refractivity contribution in [1.82, 2.24) is 5.32 Å². The van der Waals surface area contributed by atoms with Gasteiger partial charge in [-0.2, -0.15) is 13.2 Å². The van der Waals surface area contributed by atoms with Crippen LogP contribution in [0.25, 0.3) is 0 Å². The molecular weight excluding hydrogens is 239 g/mol. The molecule has 0 saturated carbocycles. The molecule has 1 fully saturated rings. The van der Waals surface area contributed by atoms with Crippen molar-refractivity contribution in [3.05, 3.63) is 35.4 Å². The second-order valence-corrected chi connectivity index (χ2v) is 5.34. The second kappa shape index (κ2) is 4.57. The quantitative estimate of drug-likeness (QED) is 0.799. The van der Waals surface area contributed by atoms with Crippen molar-refractivity contribution in [1.29, 1.82) is 0 Å². The molecule has 4 heteroatoms. The highest BCUT2D eigenvalue weighted by molar-refractivity contribution is 5.30. The van der Waals surface area contributed by atoms with Crippen LogP contribution in [0.2, 0.25) is 0 Å². The molecule has 0 amide bonds. The lowest BCUT2D eigenvalue weighted by molar-refractivity contribution is -0.137. The molecule has 0 aromatic heterocycles. The minimum absolute atomic E-state index is 0.207. The van der Waals surface area contributed by atoms with Gasteiger partial charge in [-0.25, -0.2) is 0 Å². The zero-order valence-electron chi connectivity index (χ0n) is 10.6. The Morgan fingerprint density at radius 1 is 1.22 bits per heavy atom. The highest BCUT2D eigenvalue weighted by Crippen LogP contribution is 2.34. The van der Waals surface area contributed by atoms with Crippen molar-refractivity contribution in [3.8, 4) is 0 Å². The third kappa shape index (κ3) is 2.69. The predicted octanol–water partition coefficient (Wildman–Crippen LogP) is 4.08. The van der Waals surface area contributed by atoms with Crippen LogP contribution in [0.4, 0.5) is 13.2 Å². The first-order chi connectivity index (χ1) is 8.31. The van der Waals surface area contributed by atoms with Crippen LogP contribution in [0.3, 0.4) is 0 Å². The lowest BCUT2D eigenvalue weighted by atomic mass is 9.82. The normalized spacial score (nSPS) is 29.3. The van der Waals surface area contributed by atoms with Gasteiger partial charge >= 0.3 is 6.18 Å². The van der Waals surface area contributed by atoms with E-state index in [2.05, 4.69) is 19.2 Å². The third-order valence-electron chi connectivity index (χ3n) is 3.73. The van der Waals surface area contributed by atoms with Gasteiger partial charge in [0.25, 0.3) is 0 Å². The standard InChI is InChI=1S/C14H18F3N/c1-10-4-3-9-13(2,18-10)11-5-7-12(8-6-11)14(15,16)17/h5-8,10,18H,3-4,9H2,1-2H3. The van der Waals surface area contributed by atoms with Crippen LogP contribution in [0.1, 0.15) is 44.2 Å². The van der Waals surface area contributed by atoms with Crippen LogP contribution in [0, 0.1) is 0 Å². The molecule has 1 saturated heterocycles. The maximum Gasteiger partial charge on any atom is 0.416 e. The molecule has 2 rings (SSSR count). The molecule has 0 aliphatic carbocycles. The number of piperidine rings is 1. The number of alkyl halides is 3. The smallest absolute Gasteiger partial charge is 0.305 e.